The minimum absolute atomic E-state index is 0.189. The summed E-state index contributed by atoms with van der Waals surface area (Å²) in [7, 11) is 1.42. The van der Waals surface area contributed by atoms with E-state index in [2.05, 4.69) is 18.2 Å². The van der Waals surface area contributed by atoms with E-state index in [0.29, 0.717) is 6.42 Å². The number of hydrogen-bond acceptors (Lipinski definition) is 3. The molecule has 0 heterocycles. The van der Waals surface area contributed by atoms with Crippen LogP contribution in [-0.2, 0) is 9.53 Å². The second-order valence-electron chi connectivity index (χ2n) is 5.32. The van der Waals surface area contributed by atoms with Crippen molar-refractivity contribution >= 4 is 17.7 Å². The lowest BCUT2D eigenvalue weighted by molar-refractivity contribution is -0.139. The molecule has 0 amide bonds. The third-order valence-corrected chi connectivity index (χ3v) is 4.42. The summed E-state index contributed by atoms with van der Waals surface area (Å²) in [6, 6.07) is 0. The molecule has 0 bridgehead atoms. The second-order valence-corrected chi connectivity index (χ2v) is 6.60. The van der Waals surface area contributed by atoms with Gasteiger partial charge in [0.05, 0.1) is 13.5 Å². The van der Waals surface area contributed by atoms with Crippen LogP contribution in [0.15, 0.2) is 11.5 Å². The maximum Gasteiger partial charge on any atom is 0.310 e. The maximum atomic E-state index is 11.0. The first kappa shape index (κ1) is 19.6. The average Bonchev–Trinajstić information content (AvgIpc) is 2.44. The number of thioether (sulfide) groups is 1. The highest BCUT2D eigenvalue weighted by Gasteiger charge is 2.03. The number of rotatable bonds is 14. The number of hydrogen-bond donors (Lipinski definition) is 0. The molecule has 0 fully saturated rings. The van der Waals surface area contributed by atoms with Gasteiger partial charge < -0.3 is 4.74 Å². The number of ether oxygens (including phenoxy) is 1. The van der Waals surface area contributed by atoms with Crippen LogP contribution >= 0.6 is 11.8 Å². The standard InChI is InChI=1S/C17H32O2S/c1-4-5-6-7-8-9-10-11-12-13-14-20-16(2)15-17(18)19-3/h2,4-15H2,1,3H3. The molecule has 0 aliphatic rings. The van der Waals surface area contributed by atoms with Crippen molar-refractivity contribution in [3.63, 3.8) is 0 Å². The fourth-order valence-corrected chi connectivity index (χ4v) is 2.95. The van der Waals surface area contributed by atoms with E-state index in [9.17, 15) is 4.79 Å². The first-order valence-electron chi connectivity index (χ1n) is 8.08. The van der Waals surface area contributed by atoms with Crippen LogP contribution in [0, 0.1) is 0 Å². The van der Waals surface area contributed by atoms with Crippen LogP contribution in [-0.4, -0.2) is 18.8 Å². The van der Waals surface area contributed by atoms with Crippen LogP contribution in [0.4, 0.5) is 0 Å². The van der Waals surface area contributed by atoms with Crippen LogP contribution in [0.5, 0.6) is 0 Å². The molecular weight excluding hydrogens is 268 g/mol. The minimum atomic E-state index is -0.189. The number of esters is 1. The van der Waals surface area contributed by atoms with Crippen LogP contribution in [0.1, 0.15) is 77.6 Å². The lowest BCUT2D eigenvalue weighted by Gasteiger charge is -2.04. The topological polar surface area (TPSA) is 26.3 Å². The number of methoxy groups -OCH3 is 1. The Morgan fingerprint density at radius 3 is 1.95 bits per heavy atom. The summed E-state index contributed by atoms with van der Waals surface area (Å²) in [5.74, 6) is 0.886. The molecule has 0 saturated carbocycles. The molecule has 0 N–H and O–H groups in total. The molecule has 0 unspecified atom stereocenters. The van der Waals surface area contributed by atoms with E-state index in [4.69, 9.17) is 0 Å². The van der Waals surface area contributed by atoms with Crippen LogP contribution in [0.25, 0.3) is 0 Å². The van der Waals surface area contributed by atoms with E-state index in [1.54, 1.807) is 11.8 Å². The van der Waals surface area contributed by atoms with Crippen molar-refractivity contribution in [1.29, 1.82) is 0 Å². The highest BCUT2D eigenvalue weighted by atomic mass is 32.2. The molecule has 0 spiro atoms. The Kier molecular flexibility index (Phi) is 14.6. The van der Waals surface area contributed by atoms with Gasteiger partial charge in [-0.2, -0.15) is 0 Å². The van der Waals surface area contributed by atoms with Gasteiger partial charge in [0.2, 0.25) is 0 Å². The van der Waals surface area contributed by atoms with Gasteiger partial charge in [-0.25, -0.2) is 0 Å². The number of carbonyl (C=O) groups excluding carboxylic acids is 1. The van der Waals surface area contributed by atoms with Gasteiger partial charge in [0, 0.05) is 0 Å². The zero-order valence-corrected chi connectivity index (χ0v) is 14.2. The molecule has 0 aliphatic carbocycles. The molecule has 0 aliphatic heterocycles. The summed E-state index contributed by atoms with van der Waals surface area (Å²) >= 11 is 1.70. The molecule has 0 saturated heterocycles. The van der Waals surface area contributed by atoms with Crippen molar-refractivity contribution < 1.29 is 9.53 Å². The first-order valence-corrected chi connectivity index (χ1v) is 9.06. The molecule has 0 aromatic rings. The summed E-state index contributed by atoms with van der Waals surface area (Å²) in [5, 5.41) is 0. The van der Waals surface area contributed by atoms with E-state index in [1.165, 1.54) is 71.3 Å². The molecule has 0 aromatic heterocycles. The van der Waals surface area contributed by atoms with Crippen molar-refractivity contribution in [2.45, 2.75) is 77.6 Å². The predicted molar refractivity (Wildman–Crippen MR) is 90.1 cm³/mol. The zero-order valence-electron chi connectivity index (χ0n) is 13.4. The first-order chi connectivity index (χ1) is 9.70. The molecule has 0 aromatic carbocycles. The summed E-state index contributed by atoms with van der Waals surface area (Å²) < 4.78 is 4.61. The largest absolute Gasteiger partial charge is 0.469 e. The van der Waals surface area contributed by atoms with Gasteiger partial charge in [-0.3, -0.25) is 4.79 Å². The third kappa shape index (κ3) is 14.0. The Hall–Kier alpha value is -0.440. The molecule has 2 nitrogen and oxygen atoms in total. The fraction of sp³-hybridized carbons (Fsp3) is 0.824. The van der Waals surface area contributed by atoms with Crippen LogP contribution < -0.4 is 0 Å². The molecule has 0 rings (SSSR count). The molecule has 20 heavy (non-hydrogen) atoms. The highest BCUT2D eigenvalue weighted by molar-refractivity contribution is 8.03. The van der Waals surface area contributed by atoms with E-state index in [-0.39, 0.29) is 5.97 Å². The molecule has 0 radical (unpaired) electrons. The Balaban J connectivity index is 3.16. The summed E-state index contributed by atoms with van der Waals surface area (Å²) in [6.45, 7) is 6.15. The second kappa shape index (κ2) is 15.0. The highest BCUT2D eigenvalue weighted by Crippen LogP contribution is 2.20. The van der Waals surface area contributed by atoms with Gasteiger partial charge in [0.25, 0.3) is 0 Å². The summed E-state index contributed by atoms with van der Waals surface area (Å²) in [6.07, 6.45) is 13.9. The number of unbranched alkanes of at least 4 members (excludes halogenated alkanes) is 9. The van der Waals surface area contributed by atoms with Crippen molar-refractivity contribution in [2.75, 3.05) is 12.9 Å². The van der Waals surface area contributed by atoms with Crippen molar-refractivity contribution in [1.82, 2.24) is 0 Å². The van der Waals surface area contributed by atoms with Gasteiger partial charge in [0.1, 0.15) is 0 Å². The Morgan fingerprint density at radius 1 is 0.950 bits per heavy atom. The van der Waals surface area contributed by atoms with Crippen LogP contribution in [0.3, 0.4) is 0 Å². The van der Waals surface area contributed by atoms with E-state index in [0.717, 1.165) is 10.7 Å². The van der Waals surface area contributed by atoms with Gasteiger partial charge in [0.15, 0.2) is 0 Å². The van der Waals surface area contributed by atoms with Gasteiger partial charge in [-0.05, 0) is 17.1 Å². The zero-order chi connectivity index (χ0) is 15.1. The van der Waals surface area contributed by atoms with Gasteiger partial charge in [-0.1, -0.05) is 71.3 Å². The summed E-state index contributed by atoms with van der Waals surface area (Å²) in [5.41, 5.74) is 0. The van der Waals surface area contributed by atoms with Gasteiger partial charge in [-0.15, -0.1) is 11.8 Å². The van der Waals surface area contributed by atoms with Crippen molar-refractivity contribution in [2.24, 2.45) is 0 Å². The Bertz CT molecular complexity index is 251. The maximum absolute atomic E-state index is 11.0. The van der Waals surface area contributed by atoms with E-state index in [1.807, 2.05) is 0 Å². The average molecular weight is 301 g/mol. The van der Waals surface area contributed by atoms with Crippen molar-refractivity contribution in [3.05, 3.63) is 11.5 Å². The molecular formula is C17H32O2S. The van der Waals surface area contributed by atoms with Gasteiger partial charge >= 0.3 is 5.97 Å². The normalized spacial score (nSPS) is 10.5. The third-order valence-electron chi connectivity index (χ3n) is 3.37. The lowest BCUT2D eigenvalue weighted by Crippen LogP contribution is -2.00. The fourth-order valence-electron chi connectivity index (χ4n) is 2.09. The summed E-state index contributed by atoms with van der Waals surface area (Å²) in [4.78, 5) is 12.0. The minimum Gasteiger partial charge on any atom is -0.469 e. The smallest absolute Gasteiger partial charge is 0.310 e. The SMILES string of the molecule is C=C(CC(=O)OC)SCCCCCCCCCCCC. The quantitative estimate of drug-likeness (QED) is 0.303. The Morgan fingerprint density at radius 2 is 1.45 bits per heavy atom. The number of carbonyl (C=O) groups is 1. The molecule has 118 valence electrons. The van der Waals surface area contributed by atoms with Crippen molar-refractivity contribution in [3.8, 4) is 0 Å². The lowest BCUT2D eigenvalue weighted by atomic mass is 10.1. The van der Waals surface area contributed by atoms with E-state index < -0.39 is 0 Å². The predicted octanol–water partition coefficient (Wildman–Crippen LogP) is 5.72. The molecule has 0 atom stereocenters. The van der Waals surface area contributed by atoms with Crippen LogP contribution in [0.2, 0.25) is 0 Å². The van der Waals surface area contributed by atoms with E-state index >= 15 is 0 Å². The Labute approximate surface area is 129 Å². The molecule has 3 heteroatoms. The monoisotopic (exact) mass is 300 g/mol.